The number of nitrogens with one attached hydrogen (secondary N) is 1. The van der Waals surface area contributed by atoms with Crippen LogP contribution in [0.15, 0.2) is 103 Å². The molecule has 0 spiro atoms. The van der Waals surface area contributed by atoms with Gasteiger partial charge in [0.05, 0.1) is 22.2 Å². The van der Waals surface area contributed by atoms with E-state index in [0.717, 1.165) is 22.4 Å². The first-order valence-corrected chi connectivity index (χ1v) is 10.4. The van der Waals surface area contributed by atoms with Crippen LogP contribution in [-0.4, -0.2) is 19.3 Å². The molecule has 3 heterocycles. The van der Waals surface area contributed by atoms with E-state index in [2.05, 4.69) is 99.6 Å². The predicted molar refractivity (Wildman–Crippen MR) is 127 cm³/mol. The molecule has 0 atom stereocenters. The molecule has 4 heteroatoms. The lowest BCUT2D eigenvalue weighted by atomic mass is 10.1. The van der Waals surface area contributed by atoms with E-state index in [9.17, 15) is 0 Å². The molecule has 0 saturated carbocycles. The summed E-state index contributed by atoms with van der Waals surface area (Å²) >= 11 is 0. The van der Waals surface area contributed by atoms with E-state index >= 15 is 0 Å². The fourth-order valence-electron chi connectivity index (χ4n) is 4.89. The van der Waals surface area contributed by atoms with E-state index in [1.54, 1.807) is 0 Å². The van der Waals surface area contributed by atoms with Crippen molar-refractivity contribution in [3.63, 3.8) is 0 Å². The number of H-pyrrole nitrogens is 1. The molecule has 7 rings (SSSR count). The molecule has 0 aliphatic heterocycles. The highest BCUT2D eigenvalue weighted by molar-refractivity contribution is 6.13. The fraction of sp³-hybridized carbons (Fsp3) is 0. The van der Waals surface area contributed by atoms with Crippen molar-refractivity contribution in [2.24, 2.45) is 0 Å². The zero-order valence-corrected chi connectivity index (χ0v) is 16.7. The first-order chi connectivity index (χ1) is 15.4. The molecule has 0 aliphatic carbocycles. The Kier molecular flexibility index (Phi) is 3.24. The van der Waals surface area contributed by atoms with Crippen molar-refractivity contribution in [2.75, 3.05) is 0 Å². The van der Waals surface area contributed by atoms with Crippen molar-refractivity contribution in [1.29, 1.82) is 0 Å². The molecule has 0 fully saturated rings. The molecule has 4 nitrogen and oxygen atoms in total. The number of nitrogens with zero attached hydrogens (tertiary/aromatic N) is 3. The summed E-state index contributed by atoms with van der Waals surface area (Å²) in [5.74, 6) is 0. The molecule has 4 aromatic carbocycles. The second kappa shape index (κ2) is 6.09. The number of hydrogen-bond donors (Lipinski definition) is 1. The Bertz CT molecular complexity index is 1680. The number of fused-ring (bicyclic) bond motifs is 6. The van der Waals surface area contributed by atoms with Gasteiger partial charge in [0.15, 0.2) is 0 Å². The molecule has 0 saturated heterocycles. The van der Waals surface area contributed by atoms with Gasteiger partial charge < -0.3 is 9.55 Å². The maximum atomic E-state index is 4.62. The fourth-order valence-corrected chi connectivity index (χ4v) is 4.89. The highest BCUT2D eigenvalue weighted by Crippen LogP contribution is 2.38. The van der Waals surface area contributed by atoms with Gasteiger partial charge >= 0.3 is 0 Å². The van der Waals surface area contributed by atoms with Crippen LogP contribution in [0.1, 0.15) is 0 Å². The first-order valence-electron chi connectivity index (χ1n) is 10.4. The third-order valence-electron chi connectivity index (χ3n) is 6.19. The summed E-state index contributed by atoms with van der Waals surface area (Å²) in [6.07, 6.45) is 3.84. The molecule has 3 aromatic heterocycles. The van der Waals surface area contributed by atoms with E-state index in [1.807, 2.05) is 23.1 Å². The molecule has 146 valence electrons. The molecule has 0 radical (unpaired) electrons. The van der Waals surface area contributed by atoms with Crippen molar-refractivity contribution >= 4 is 43.6 Å². The van der Waals surface area contributed by atoms with Crippen LogP contribution in [0.2, 0.25) is 0 Å². The minimum absolute atomic E-state index is 1.05. The molecule has 0 aliphatic rings. The molecule has 7 aromatic rings. The summed E-state index contributed by atoms with van der Waals surface area (Å²) in [6.45, 7) is 0. The molecule has 0 unspecified atom stereocenters. The van der Waals surface area contributed by atoms with Gasteiger partial charge in [-0.05, 0) is 36.4 Å². The van der Waals surface area contributed by atoms with Crippen molar-refractivity contribution in [3.8, 4) is 11.4 Å². The third kappa shape index (κ3) is 2.21. The summed E-state index contributed by atoms with van der Waals surface area (Å²) in [4.78, 5) is 3.66. The van der Waals surface area contributed by atoms with Gasteiger partial charge in [0.2, 0.25) is 0 Å². The minimum atomic E-state index is 1.05. The van der Waals surface area contributed by atoms with Gasteiger partial charge in [-0.2, -0.15) is 5.10 Å². The van der Waals surface area contributed by atoms with Crippen molar-refractivity contribution in [2.45, 2.75) is 0 Å². The molecule has 1 N–H and O–H groups in total. The van der Waals surface area contributed by atoms with Gasteiger partial charge in [-0.15, -0.1) is 0 Å². The lowest BCUT2D eigenvalue weighted by Crippen LogP contribution is -2.04. The summed E-state index contributed by atoms with van der Waals surface area (Å²) in [5.41, 5.74) is 6.74. The summed E-state index contributed by atoms with van der Waals surface area (Å²) in [5, 5.41) is 9.54. The van der Waals surface area contributed by atoms with Crippen LogP contribution >= 0.6 is 0 Å². The molecular weight excluding hydrogens is 380 g/mol. The predicted octanol–water partition coefficient (Wildman–Crippen LogP) is 6.60. The van der Waals surface area contributed by atoms with E-state index in [4.69, 9.17) is 0 Å². The summed E-state index contributed by atoms with van der Waals surface area (Å²) < 4.78 is 4.32. The number of para-hydroxylation sites is 3. The van der Waals surface area contributed by atoms with Gasteiger partial charge in [0.1, 0.15) is 5.69 Å². The van der Waals surface area contributed by atoms with Gasteiger partial charge in [-0.25, -0.2) is 4.68 Å². The standard InChI is InChI=1S/C27H18N4/c1-4-11-22-18(8-1)21-14-15-25(27(26(21)29-22)30-17-7-16-28-30)31-23-12-5-2-9-19(23)20-10-3-6-13-24(20)31/h1-17,29H. The van der Waals surface area contributed by atoms with E-state index in [1.165, 1.54) is 32.6 Å². The van der Waals surface area contributed by atoms with Crippen LogP contribution < -0.4 is 0 Å². The minimum Gasteiger partial charge on any atom is -0.353 e. The Morgan fingerprint density at radius 2 is 1.29 bits per heavy atom. The number of benzene rings is 4. The van der Waals surface area contributed by atoms with E-state index in [0.29, 0.717) is 0 Å². The maximum Gasteiger partial charge on any atom is 0.113 e. The quantitative estimate of drug-likeness (QED) is 0.350. The SMILES string of the molecule is c1ccc2c(c1)[nH]c1c(-n3cccn3)c(-n3c4ccccc4c4ccccc43)ccc12. The topological polar surface area (TPSA) is 38.5 Å². The highest BCUT2D eigenvalue weighted by atomic mass is 15.3. The van der Waals surface area contributed by atoms with Gasteiger partial charge in [0, 0.05) is 39.5 Å². The first kappa shape index (κ1) is 16.5. The lowest BCUT2D eigenvalue weighted by Gasteiger charge is -2.15. The zero-order chi connectivity index (χ0) is 20.4. The van der Waals surface area contributed by atoms with Gasteiger partial charge in [0.25, 0.3) is 0 Å². The Labute approximate surface area is 178 Å². The van der Waals surface area contributed by atoms with Crippen LogP contribution in [0.3, 0.4) is 0 Å². The van der Waals surface area contributed by atoms with Crippen LogP contribution in [0.4, 0.5) is 0 Å². The second-order valence-electron chi connectivity index (χ2n) is 7.85. The Balaban J connectivity index is 1.70. The van der Waals surface area contributed by atoms with Crippen LogP contribution in [0, 0.1) is 0 Å². The third-order valence-corrected chi connectivity index (χ3v) is 6.19. The number of rotatable bonds is 2. The summed E-state index contributed by atoms with van der Waals surface area (Å²) in [6, 6.07) is 32.1. The van der Waals surface area contributed by atoms with E-state index in [-0.39, 0.29) is 0 Å². The van der Waals surface area contributed by atoms with Crippen LogP contribution in [-0.2, 0) is 0 Å². The van der Waals surface area contributed by atoms with E-state index < -0.39 is 0 Å². The number of aromatic nitrogens is 4. The van der Waals surface area contributed by atoms with Crippen LogP contribution in [0.5, 0.6) is 0 Å². The largest absolute Gasteiger partial charge is 0.353 e. The van der Waals surface area contributed by atoms with Crippen molar-refractivity contribution in [3.05, 3.63) is 103 Å². The number of aromatic amines is 1. The van der Waals surface area contributed by atoms with Crippen molar-refractivity contribution < 1.29 is 0 Å². The molecule has 31 heavy (non-hydrogen) atoms. The highest BCUT2D eigenvalue weighted by Gasteiger charge is 2.19. The maximum absolute atomic E-state index is 4.62. The zero-order valence-electron chi connectivity index (χ0n) is 16.7. The average Bonchev–Trinajstić information content (AvgIpc) is 3.54. The molecule has 0 bridgehead atoms. The Morgan fingerprint density at radius 3 is 2.00 bits per heavy atom. The smallest absolute Gasteiger partial charge is 0.113 e. The normalized spacial score (nSPS) is 11.9. The van der Waals surface area contributed by atoms with Crippen LogP contribution in [0.25, 0.3) is 55.0 Å². The molecular formula is C27H18N4. The lowest BCUT2D eigenvalue weighted by molar-refractivity contribution is 0.876. The number of hydrogen-bond acceptors (Lipinski definition) is 1. The summed E-state index contributed by atoms with van der Waals surface area (Å²) in [7, 11) is 0. The monoisotopic (exact) mass is 398 g/mol. The average molecular weight is 398 g/mol. The molecule has 0 amide bonds. The van der Waals surface area contributed by atoms with Crippen molar-refractivity contribution in [1.82, 2.24) is 19.3 Å². The van der Waals surface area contributed by atoms with Gasteiger partial charge in [-0.3, -0.25) is 0 Å². The van der Waals surface area contributed by atoms with Gasteiger partial charge in [-0.1, -0.05) is 54.6 Å². The Morgan fingerprint density at radius 1 is 0.613 bits per heavy atom. The Hall–Kier alpha value is -4.31. The second-order valence-corrected chi connectivity index (χ2v) is 7.85.